The molecule has 0 aromatic heterocycles. The van der Waals surface area contributed by atoms with E-state index in [1.807, 2.05) is 4.90 Å². The van der Waals surface area contributed by atoms with Crippen LogP contribution < -0.4 is 0 Å². The molecule has 6 heteroatoms. The first-order chi connectivity index (χ1) is 9.61. The van der Waals surface area contributed by atoms with Gasteiger partial charge in [-0.05, 0) is 19.3 Å². The molecule has 0 aromatic rings. The van der Waals surface area contributed by atoms with Gasteiger partial charge in [0.05, 0.1) is 12.0 Å². The first-order valence-electron chi connectivity index (χ1n) is 7.22. The van der Waals surface area contributed by atoms with Gasteiger partial charge < -0.3 is 10.0 Å². The summed E-state index contributed by atoms with van der Waals surface area (Å²) in [5.74, 6) is -1.11. The topological polar surface area (TPSA) is 84.6 Å². The first-order valence-corrected chi connectivity index (χ1v) is 7.22. The fraction of sp³-hybridized carbons (Fsp3) is 0.786. The van der Waals surface area contributed by atoms with E-state index in [1.54, 1.807) is 0 Å². The number of carboxylic acid groups (broad SMARTS) is 1. The molecule has 0 spiro atoms. The van der Waals surface area contributed by atoms with Gasteiger partial charge in [0.25, 0.3) is 0 Å². The third kappa shape index (κ3) is 3.48. The smallest absolute Gasteiger partial charge is 0.306 e. The third-order valence-corrected chi connectivity index (χ3v) is 4.35. The molecule has 0 aromatic carbocycles. The Balaban J connectivity index is 1.78. The molecule has 2 fully saturated rings. The van der Waals surface area contributed by atoms with Crippen molar-refractivity contribution in [1.82, 2.24) is 9.80 Å². The lowest BCUT2D eigenvalue weighted by molar-refractivity contribution is -0.142. The Morgan fingerprint density at radius 3 is 2.35 bits per heavy atom. The van der Waals surface area contributed by atoms with Gasteiger partial charge in [0.2, 0.25) is 5.91 Å². The second-order valence-electron chi connectivity index (χ2n) is 5.62. The number of carbonyl (C=O) groups is 2. The standard InChI is InChI=1S/C14H21N3O3/c15-4-1-5-16-6-8-17(9-7-16)13(18)11-2-3-12(10-11)14(19)20/h11-12H,1-3,5-10H2,(H,19,20). The van der Waals surface area contributed by atoms with Gasteiger partial charge in [-0.2, -0.15) is 5.26 Å². The fourth-order valence-corrected chi connectivity index (χ4v) is 3.09. The molecule has 1 N–H and O–H groups in total. The van der Waals surface area contributed by atoms with Crippen LogP contribution in [0.15, 0.2) is 0 Å². The number of piperazine rings is 1. The minimum atomic E-state index is -0.776. The summed E-state index contributed by atoms with van der Waals surface area (Å²) in [6.45, 7) is 3.77. The number of hydrogen-bond acceptors (Lipinski definition) is 4. The molecule has 2 aliphatic rings. The van der Waals surface area contributed by atoms with Crippen molar-refractivity contribution in [2.45, 2.75) is 25.7 Å². The predicted molar refractivity (Wildman–Crippen MR) is 71.7 cm³/mol. The van der Waals surface area contributed by atoms with E-state index < -0.39 is 5.97 Å². The Morgan fingerprint density at radius 2 is 1.80 bits per heavy atom. The maximum absolute atomic E-state index is 12.4. The van der Waals surface area contributed by atoms with Crippen LogP contribution in [-0.2, 0) is 9.59 Å². The zero-order valence-electron chi connectivity index (χ0n) is 11.6. The second-order valence-corrected chi connectivity index (χ2v) is 5.62. The van der Waals surface area contributed by atoms with Crippen molar-refractivity contribution >= 4 is 11.9 Å². The highest BCUT2D eigenvalue weighted by Gasteiger charge is 2.36. The molecule has 0 bridgehead atoms. The number of aliphatic carboxylic acids is 1. The van der Waals surface area contributed by atoms with Crippen LogP contribution in [0.4, 0.5) is 0 Å². The molecule has 6 nitrogen and oxygen atoms in total. The van der Waals surface area contributed by atoms with E-state index in [4.69, 9.17) is 10.4 Å². The summed E-state index contributed by atoms with van der Waals surface area (Å²) in [6, 6.07) is 2.13. The molecule has 1 heterocycles. The molecule has 0 radical (unpaired) electrons. The van der Waals surface area contributed by atoms with Crippen LogP contribution in [0, 0.1) is 23.2 Å². The van der Waals surface area contributed by atoms with Crippen LogP contribution in [0.2, 0.25) is 0 Å². The molecule has 2 rings (SSSR count). The number of hydrogen-bond donors (Lipinski definition) is 1. The zero-order chi connectivity index (χ0) is 14.5. The van der Waals surface area contributed by atoms with Crippen LogP contribution in [0.1, 0.15) is 25.7 Å². The summed E-state index contributed by atoms with van der Waals surface area (Å²) in [6.07, 6.45) is 2.33. The maximum Gasteiger partial charge on any atom is 0.306 e. The number of nitrogens with zero attached hydrogens (tertiary/aromatic N) is 3. The summed E-state index contributed by atoms with van der Waals surface area (Å²) >= 11 is 0. The van der Waals surface area contributed by atoms with Gasteiger partial charge in [0.15, 0.2) is 0 Å². The lowest BCUT2D eigenvalue weighted by Crippen LogP contribution is -2.50. The van der Waals surface area contributed by atoms with E-state index in [1.165, 1.54) is 0 Å². The number of rotatable bonds is 4. The lowest BCUT2D eigenvalue weighted by atomic mass is 10.0. The van der Waals surface area contributed by atoms with Gasteiger partial charge in [-0.25, -0.2) is 0 Å². The monoisotopic (exact) mass is 279 g/mol. The lowest BCUT2D eigenvalue weighted by Gasteiger charge is -2.35. The molecule has 1 amide bonds. The summed E-state index contributed by atoms with van der Waals surface area (Å²) < 4.78 is 0. The van der Waals surface area contributed by atoms with Crippen LogP contribution in [0.5, 0.6) is 0 Å². The van der Waals surface area contributed by atoms with Crippen molar-refractivity contribution in [3.63, 3.8) is 0 Å². The van der Waals surface area contributed by atoms with E-state index in [-0.39, 0.29) is 17.7 Å². The van der Waals surface area contributed by atoms with Gasteiger partial charge in [-0.1, -0.05) is 0 Å². The minimum absolute atomic E-state index is 0.109. The molecule has 1 saturated heterocycles. The summed E-state index contributed by atoms with van der Waals surface area (Å²) in [5, 5.41) is 17.5. The predicted octanol–water partition coefficient (Wildman–Crippen LogP) is 0.545. The normalized spacial score (nSPS) is 27.2. The van der Waals surface area contributed by atoms with Crippen LogP contribution >= 0.6 is 0 Å². The maximum atomic E-state index is 12.4. The molecule has 2 atom stereocenters. The van der Waals surface area contributed by atoms with E-state index in [0.29, 0.717) is 38.8 Å². The summed E-state index contributed by atoms with van der Waals surface area (Å²) in [4.78, 5) is 27.3. The Bertz CT molecular complexity index is 410. The minimum Gasteiger partial charge on any atom is -0.481 e. The van der Waals surface area contributed by atoms with Gasteiger partial charge >= 0.3 is 5.97 Å². The van der Waals surface area contributed by atoms with Crippen LogP contribution in [0.25, 0.3) is 0 Å². The summed E-state index contributed by atoms with van der Waals surface area (Å²) in [5.41, 5.74) is 0. The highest BCUT2D eigenvalue weighted by molar-refractivity contribution is 5.81. The van der Waals surface area contributed by atoms with Crippen molar-refractivity contribution in [2.24, 2.45) is 11.8 Å². The van der Waals surface area contributed by atoms with E-state index >= 15 is 0 Å². The van der Waals surface area contributed by atoms with Crippen molar-refractivity contribution in [1.29, 1.82) is 5.26 Å². The van der Waals surface area contributed by atoms with Gasteiger partial charge in [0, 0.05) is 45.1 Å². The first kappa shape index (κ1) is 14.8. The van der Waals surface area contributed by atoms with E-state index in [2.05, 4.69) is 11.0 Å². The average molecular weight is 279 g/mol. The highest BCUT2D eigenvalue weighted by Crippen LogP contribution is 2.32. The van der Waals surface area contributed by atoms with Crippen LogP contribution in [0.3, 0.4) is 0 Å². The molecule has 20 heavy (non-hydrogen) atoms. The number of carboxylic acids is 1. The fourth-order valence-electron chi connectivity index (χ4n) is 3.09. The van der Waals surface area contributed by atoms with Gasteiger partial charge in [0.1, 0.15) is 0 Å². The Hall–Kier alpha value is -1.61. The van der Waals surface area contributed by atoms with Crippen LogP contribution in [-0.4, -0.2) is 59.5 Å². The van der Waals surface area contributed by atoms with E-state index in [0.717, 1.165) is 19.6 Å². The Labute approximate surface area is 119 Å². The number of nitriles is 1. The second kappa shape index (κ2) is 6.71. The molecule has 110 valence electrons. The molecular formula is C14H21N3O3. The number of amides is 1. The van der Waals surface area contributed by atoms with Crippen molar-refractivity contribution in [3.8, 4) is 6.07 Å². The van der Waals surface area contributed by atoms with Gasteiger partial charge in [-0.15, -0.1) is 0 Å². The Kier molecular flexibility index (Phi) is 4.96. The van der Waals surface area contributed by atoms with E-state index in [9.17, 15) is 9.59 Å². The summed E-state index contributed by atoms with van der Waals surface area (Å²) in [7, 11) is 0. The molecule has 1 saturated carbocycles. The zero-order valence-corrected chi connectivity index (χ0v) is 11.6. The quantitative estimate of drug-likeness (QED) is 0.812. The highest BCUT2D eigenvalue weighted by atomic mass is 16.4. The number of carbonyl (C=O) groups excluding carboxylic acids is 1. The average Bonchev–Trinajstić information content (AvgIpc) is 2.95. The molecular weight excluding hydrogens is 258 g/mol. The molecule has 1 aliphatic heterocycles. The third-order valence-electron chi connectivity index (χ3n) is 4.35. The largest absolute Gasteiger partial charge is 0.481 e. The van der Waals surface area contributed by atoms with Gasteiger partial charge in [-0.3, -0.25) is 14.5 Å². The van der Waals surface area contributed by atoms with Crippen molar-refractivity contribution in [3.05, 3.63) is 0 Å². The molecule has 2 unspecified atom stereocenters. The Morgan fingerprint density at radius 1 is 1.15 bits per heavy atom. The van der Waals surface area contributed by atoms with Crippen molar-refractivity contribution < 1.29 is 14.7 Å². The molecule has 1 aliphatic carbocycles. The SMILES string of the molecule is N#CCCN1CCN(C(=O)C2CCC(C(=O)O)C2)CC1. The van der Waals surface area contributed by atoms with Crippen molar-refractivity contribution in [2.75, 3.05) is 32.7 Å².